The third kappa shape index (κ3) is 3.24. The van der Waals surface area contributed by atoms with E-state index in [9.17, 15) is 0 Å². The molecule has 14 heavy (non-hydrogen) atoms. The number of methoxy groups -OCH3 is 1. The topological polar surface area (TPSA) is 56.5 Å². The average molecular weight is 196 g/mol. The molecule has 0 bridgehead atoms. The van der Waals surface area contributed by atoms with Crippen molar-refractivity contribution in [2.24, 2.45) is 5.84 Å². The molecule has 0 aliphatic heterocycles. The van der Waals surface area contributed by atoms with Gasteiger partial charge in [-0.05, 0) is 31.2 Å². The van der Waals surface area contributed by atoms with Crippen LogP contribution in [0.3, 0.4) is 0 Å². The molecule has 0 fully saturated rings. The molecule has 3 N–H and O–H groups in total. The molecular formula is C10H16N2O2. The monoisotopic (exact) mass is 196 g/mol. The normalized spacial score (nSPS) is 12.2. The smallest absolute Gasteiger partial charge is 0.119 e. The van der Waals surface area contributed by atoms with Gasteiger partial charge < -0.3 is 9.47 Å². The van der Waals surface area contributed by atoms with Gasteiger partial charge in [0.05, 0.1) is 13.2 Å². The third-order valence-electron chi connectivity index (χ3n) is 1.84. The molecule has 0 aromatic heterocycles. The SMILES string of the molecule is COc1ccc(OCC(C)NN)cc1. The van der Waals surface area contributed by atoms with Gasteiger partial charge in [-0.1, -0.05) is 0 Å². The molecular weight excluding hydrogens is 180 g/mol. The Hall–Kier alpha value is -1.26. The molecule has 0 aliphatic rings. The van der Waals surface area contributed by atoms with Crippen molar-refractivity contribution in [3.8, 4) is 11.5 Å². The highest BCUT2D eigenvalue weighted by molar-refractivity contribution is 5.31. The van der Waals surface area contributed by atoms with E-state index in [1.54, 1.807) is 7.11 Å². The van der Waals surface area contributed by atoms with Gasteiger partial charge in [0.25, 0.3) is 0 Å². The van der Waals surface area contributed by atoms with E-state index in [1.165, 1.54) is 0 Å². The lowest BCUT2D eigenvalue weighted by Crippen LogP contribution is -2.36. The van der Waals surface area contributed by atoms with Crippen molar-refractivity contribution in [2.45, 2.75) is 13.0 Å². The molecule has 0 saturated carbocycles. The standard InChI is InChI=1S/C10H16N2O2/c1-8(12-11)7-14-10-5-3-9(13-2)4-6-10/h3-6,8,12H,7,11H2,1-2H3. The zero-order valence-electron chi connectivity index (χ0n) is 8.49. The zero-order chi connectivity index (χ0) is 10.4. The van der Waals surface area contributed by atoms with Crippen molar-refractivity contribution in [2.75, 3.05) is 13.7 Å². The van der Waals surface area contributed by atoms with Gasteiger partial charge in [0.2, 0.25) is 0 Å². The number of hydrazine groups is 1. The van der Waals surface area contributed by atoms with Crippen molar-refractivity contribution < 1.29 is 9.47 Å². The fourth-order valence-corrected chi connectivity index (χ4v) is 0.941. The van der Waals surface area contributed by atoms with Crippen LogP contribution in [0.15, 0.2) is 24.3 Å². The summed E-state index contributed by atoms with van der Waals surface area (Å²) in [5, 5.41) is 0. The summed E-state index contributed by atoms with van der Waals surface area (Å²) >= 11 is 0. The van der Waals surface area contributed by atoms with E-state index >= 15 is 0 Å². The van der Waals surface area contributed by atoms with Gasteiger partial charge in [0, 0.05) is 0 Å². The Morgan fingerprint density at radius 3 is 2.36 bits per heavy atom. The first-order valence-corrected chi connectivity index (χ1v) is 4.49. The van der Waals surface area contributed by atoms with Crippen molar-refractivity contribution >= 4 is 0 Å². The van der Waals surface area contributed by atoms with Crippen molar-refractivity contribution in [3.05, 3.63) is 24.3 Å². The molecule has 0 aliphatic carbocycles. The Morgan fingerprint density at radius 1 is 1.29 bits per heavy atom. The molecule has 0 heterocycles. The van der Waals surface area contributed by atoms with Crippen LogP contribution >= 0.6 is 0 Å². The van der Waals surface area contributed by atoms with Crippen LogP contribution in [-0.4, -0.2) is 19.8 Å². The summed E-state index contributed by atoms with van der Waals surface area (Å²) in [7, 11) is 1.64. The molecule has 0 saturated heterocycles. The number of benzene rings is 1. The second kappa shape index (κ2) is 5.47. The van der Waals surface area contributed by atoms with Crippen LogP contribution in [0.5, 0.6) is 11.5 Å². The van der Waals surface area contributed by atoms with E-state index in [-0.39, 0.29) is 6.04 Å². The Labute approximate surface area is 84.0 Å². The maximum Gasteiger partial charge on any atom is 0.119 e. The molecule has 0 spiro atoms. The molecule has 1 unspecified atom stereocenters. The Kier molecular flexibility index (Phi) is 4.22. The van der Waals surface area contributed by atoms with Crippen LogP contribution in [0.2, 0.25) is 0 Å². The fraction of sp³-hybridized carbons (Fsp3) is 0.400. The van der Waals surface area contributed by atoms with Crippen molar-refractivity contribution in [1.82, 2.24) is 5.43 Å². The van der Waals surface area contributed by atoms with Gasteiger partial charge in [-0.15, -0.1) is 0 Å². The largest absolute Gasteiger partial charge is 0.497 e. The van der Waals surface area contributed by atoms with Crippen LogP contribution in [0.4, 0.5) is 0 Å². The minimum atomic E-state index is 0.136. The van der Waals surface area contributed by atoms with Crippen molar-refractivity contribution in [1.29, 1.82) is 0 Å². The first-order valence-electron chi connectivity index (χ1n) is 4.49. The fourth-order valence-electron chi connectivity index (χ4n) is 0.941. The van der Waals surface area contributed by atoms with Crippen LogP contribution in [0.1, 0.15) is 6.92 Å². The second-order valence-electron chi connectivity index (χ2n) is 3.05. The lowest BCUT2D eigenvalue weighted by atomic mass is 10.3. The number of ether oxygens (including phenoxy) is 2. The van der Waals surface area contributed by atoms with E-state index < -0.39 is 0 Å². The van der Waals surface area contributed by atoms with Gasteiger partial charge in [-0.3, -0.25) is 11.3 Å². The summed E-state index contributed by atoms with van der Waals surface area (Å²) in [6.45, 7) is 2.49. The van der Waals surface area contributed by atoms with Gasteiger partial charge >= 0.3 is 0 Å². The third-order valence-corrected chi connectivity index (χ3v) is 1.84. The highest BCUT2D eigenvalue weighted by Crippen LogP contribution is 2.16. The molecule has 78 valence electrons. The van der Waals surface area contributed by atoms with Crippen LogP contribution < -0.4 is 20.7 Å². The summed E-state index contributed by atoms with van der Waals surface area (Å²) in [6, 6.07) is 7.58. The molecule has 4 nitrogen and oxygen atoms in total. The Bertz CT molecular complexity index is 261. The Balaban J connectivity index is 2.43. The first-order chi connectivity index (χ1) is 6.76. The molecule has 1 aromatic rings. The summed E-state index contributed by atoms with van der Waals surface area (Å²) in [4.78, 5) is 0. The molecule has 4 heteroatoms. The second-order valence-corrected chi connectivity index (χ2v) is 3.05. The summed E-state index contributed by atoms with van der Waals surface area (Å²) < 4.78 is 10.5. The summed E-state index contributed by atoms with van der Waals surface area (Å²) in [6.07, 6.45) is 0. The molecule has 1 atom stereocenters. The predicted molar refractivity (Wildman–Crippen MR) is 55.3 cm³/mol. The van der Waals surface area contributed by atoms with Gasteiger partial charge in [0.15, 0.2) is 0 Å². The quantitative estimate of drug-likeness (QED) is 0.543. The van der Waals surface area contributed by atoms with Crippen LogP contribution in [0, 0.1) is 0 Å². The Morgan fingerprint density at radius 2 is 1.86 bits per heavy atom. The first kappa shape index (κ1) is 10.8. The van der Waals surface area contributed by atoms with E-state index in [1.807, 2.05) is 31.2 Å². The maximum atomic E-state index is 5.46. The number of hydrogen-bond acceptors (Lipinski definition) is 4. The predicted octanol–water partition coefficient (Wildman–Crippen LogP) is 0.926. The van der Waals surface area contributed by atoms with E-state index in [2.05, 4.69) is 5.43 Å². The molecule has 0 radical (unpaired) electrons. The van der Waals surface area contributed by atoms with Crippen LogP contribution in [-0.2, 0) is 0 Å². The minimum Gasteiger partial charge on any atom is -0.497 e. The van der Waals surface area contributed by atoms with Gasteiger partial charge in [-0.2, -0.15) is 0 Å². The average Bonchev–Trinajstić information content (AvgIpc) is 2.26. The summed E-state index contributed by atoms with van der Waals surface area (Å²) in [5.74, 6) is 6.87. The molecule has 1 rings (SSSR count). The number of hydrogen-bond donors (Lipinski definition) is 2. The van der Waals surface area contributed by atoms with E-state index in [0.717, 1.165) is 11.5 Å². The number of nitrogens with two attached hydrogens (primary N) is 1. The number of nitrogens with one attached hydrogen (secondary N) is 1. The minimum absolute atomic E-state index is 0.136. The molecule has 0 amide bonds. The highest BCUT2D eigenvalue weighted by atomic mass is 16.5. The van der Waals surface area contributed by atoms with Crippen LogP contribution in [0.25, 0.3) is 0 Å². The molecule has 1 aromatic carbocycles. The van der Waals surface area contributed by atoms with E-state index in [0.29, 0.717) is 6.61 Å². The number of rotatable bonds is 5. The lowest BCUT2D eigenvalue weighted by Gasteiger charge is -2.11. The highest BCUT2D eigenvalue weighted by Gasteiger charge is 1.99. The van der Waals surface area contributed by atoms with E-state index in [4.69, 9.17) is 15.3 Å². The maximum absolute atomic E-state index is 5.46. The summed E-state index contributed by atoms with van der Waals surface area (Å²) in [5.41, 5.74) is 2.61. The van der Waals surface area contributed by atoms with Gasteiger partial charge in [-0.25, -0.2) is 0 Å². The lowest BCUT2D eigenvalue weighted by molar-refractivity contribution is 0.274. The zero-order valence-corrected chi connectivity index (χ0v) is 8.49. The van der Waals surface area contributed by atoms with Crippen molar-refractivity contribution in [3.63, 3.8) is 0 Å². The van der Waals surface area contributed by atoms with Gasteiger partial charge in [0.1, 0.15) is 18.1 Å².